The number of rotatable bonds is 1. The minimum absolute atomic E-state index is 0.616. The third-order valence-corrected chi connectivity index (χ3v) is 1.01. The van der Waals surface area contributed by atoms with E-state index in [9.17, 15) is 0 Å². The number of nitrogens with two attached hydrogens (primary N) is 1. The fraction of sp³-hybridized carbons (Fsp3) is 0. The molecule has 0 radical (unpaired) electrons. The van der Waals surface area contributed by atoms with Crippen molar-refractivity contribution in [3.8, 4) is 0 Å². The van der Waals surface area contributed by atoms with Gasteiger partial charge in [-0.1, -0.05) is 4.49 Å². The Kier molecular flexibility index (Phi) is 1.19. The summed E-state index contributed by atoms with van der Waals surface area (Å²) in [5.74, 6) is 5.56. The highest BCUT2D eigenvalue weighted by molar-refractivity contribution is 7.03. The number of nitrogens with zero attached hydrogens (tertiary/aromatic N) is 2. The van der Waals surface area contributed by atoms with Gasteiger partial charge >= 0.3 is 0 Å². The number of hydrogen-bond acceptors (Lipinski definition) is 5. The largest absolute Gasteiger partial charge is 0.306 e. The molecule has 1 aromatic heterocycles. The zero-order valence-corrected chi connectivity index (χ0v) is 4.27. The first-order valence-electron chi connectivity index (χ1n) is 1.67. The molecule has 0 unspecified atom stereocenters. The molecular weight excluding hydrogens is 112 g/mol. The second-order valence-electron chi connectivity index (χ2n) is 0.934. The Bertz CT molecular complexity index is 124. The van der Waals surface area contributed by atoms with Gasteiger partial charge in [-0.15, -0.1) is 5.10 Å². The molecule has 0 aromatic carbocycles. The van der Waals surface area contributed by atoms with Gasteiger partial charge in [-0.05, 0) is 11.5 Å². The fourth-order valence-electron chi connectivity index (χ4n) is 0.228. The van der Waals surface area contributed by atoms with Gasteiger partial charge in [0.2, 0.25) is 0 Å². The van der Waals surface area contributed by atoms with Gasteiger partial charge < -0.3 is 5.43 Å². The Morgan fingerprint density at radius 1 is 1.86 bits per heavy atom. The van der Waals surface area contributed by atoms with E-state index in [1.807, 2.05) is 0 Å². The predicted molar refractivity (Wildman–Crippen MR) is 27.7 cm³/mol. The molecule has 0 aliphatic heterocycles. The SMILES string of the molecule is NNc1csnn1. The summed E-state index contributed by atoms with van der Waals surface area (Å²) in [5, 5.41) is 5.29. The van der Waals surface area contributed by atoms with Crippen molar-refractivity contribution in [3.63, 3.8) is 0 Å². The van der Waals surface area contributed by atoms with E-state index in [2.05, 4.69) is 15.0 Å². The average Bonchev–Trinajstić information content (AvgIpc) is 2.14. The Morgan fingerprint density at radius 2 is 2.71 bits per heavy atom. The first-order chi connectivity index (χ1) is 3.43. The molecule has 4 nitrogen and oxygen atoms in total. The molecule has 0 spiro atoms. The lowest BCUT2D eigenvalue weighted by atomic mass is 10.8. The van der Waals surface area contributed by atoms with E-state index in [0.717, 1.165) is 0 Å². The van der Waals surface area contributed by atoms with Gasteiger partial charge in [0.15, 0.2) is 5.82 Å². The number of hydrazine groups is 1. The van der Waals surface area contributed by atoms with Crippen LogP contribution in [0.5, 0.6) is 0 Å². The maximum atomic E-state index is 4.95. The van der Waals surface area contributed by atoms with E-state index < -0.39 is 0 Å². The lowest BCUT2D eigenvalue weighted by molar-refractivity contribution is 1.13. The Balaban J connectivity index is 2.76. The first-order valence-corrected chi connectivity index (χ1v) is 2.51. The monoisotopic (exact) mass is 116 g/mol. The van der Waals surface area contributed by atoms with E-state index in [0.29, 0.717) is 5.82 Å². The number of aromatic nitrogens is 2. The highest BCUT2D eigenvalue weighted by atomic mass is 32.1. The highest BCUT2D eigenvalue weighted by Crippen LogP contribution is 1.98. The predicted octanol–water partition coefficient (Wildman–Crippen LogP) is -0.176. The maximum absolute atomic E-state index is 4.95. The number of hydrogen-bond donors (Lipinski definition) is 2. The minimum Gasteiger partial charge on any atom is -0.306 e. The molecule has 1 rings (SSSR count). The van der Waals surface area contributed by atoms with Gasteiger partial charge in [0, 0.05) is 0 Å². The average molecular weight is 116 g/mol. The Labute approximate surface area is 44.5 Å². The minimum atomic E-state index is 0.616. The molecule has 0 saturated carbocycles. The van der Waals surface area contributed by atoms with Crippen molar-refractivity contribution in [2.75, 3.05) is 5.43 Å². The van der Waals surface area contributed by atoms with E-state index in [1.165, 1.54) is 11.5 Å². The first kappa shape index (κ1) is 4.48. The van der Waals surface area contributed by atoms with Crippen LogP contribution in [0.2, 0.25) is 0 Å². The third-order valence-electron chi connectivity index (χ3n) is 0.508. The van der Waals surface area contributed by atoms with Crippen LogP contribution >= 0.6 is 11.5 Å². The second-order valence-corrected chi connectivity index (χ2v) is 1.54. The van der Waals surface area contributed by atoms with Crippen molar-refractivity contribution in [2.45, 2.75) is 0 Å². The second kappa shape index (κ2) is 1.85. The smallest absolute Gasteiger partial charge is 0.175 e. The van der Waals surface area contributed by atoms with Crippen molar-refractivity contribution in [1.29, 1.82) is 0 Å². The van der Waals surface area contributed by atoms with Crippen LogP contribution in [0.25, 0.3) is 0 Å². The third kappa shape index (κ3) is 0.847. The maximum Gasteiger partial charge on any atom is 0.175 e. The normalized spacial score (nSPS) is 8.71. The lowest BCUT2D eigenvalue weighted by Crippen LogP contribution is -2.06. The summed E-state index contributed by atoms with van der Waals surface area (Å²) in [7, 11) is 0. The summed E-state index contributed by atoms with van der Waals surface area (Å²) in [5.41, 5.74) is 2.34. The molecule has 0 aliphatic rings. The Hall–Kier alpha value is -0.680. The quantitative estimate of drug-likeness (QED) is 0.395. The Morgan fingerprint density at radius 3 is 3.00 bits per heavy atom. The summed E-state index contributed by atoms with van der Waals surface area (Å²) in [6, 6.07) is 0. The highest BCUT2D eigenvalue weighted by Gasteiger charge is 1.84. The topological polar surface area (TPSA) is 63.8 Å². The molecule has 7 heavy (non-hydrogen) atoms. The van der Waals surface area contributed by atoms with Crippen LogP contribution in [0.15, 0.2) is 5.38 Å². The molecule has 0 atom stereocenters. The molecule has 0 fully saturated rings. The summed E-state index contributed by atoms with van der Waals surface area (Å²) in [4.78, 5) is 0. The molecule has 0 amide bonds. The molecular formula is C2H4N4S. The van der Waals surface area contributed by atoms with Gasteiger partial charge in [-0.3, -0.25) is 0 Å². The van der Waals surface area contributed by atoms with Crippen molar-refractivity contribution >= 4 is 17.4 Å². The van der Waals surface area contributed by atoms with Crippen LogP contribution < -0.4 is 11.3 Å². The number of nitrogen functional groups attached to an aromatic ring is 1. The van der Waals surface area contributed by atoms with Gasteiger partial charge in [0.1, 0.15) is 0 Å². The van der Waals surface area contributed by atoms with Crippen LogP contribution in [-0.2, 0) is 0 Å². The molecule has 1 heterocycles. The van der Waals surface area contributed by atoms with E-state index in [4.69, 9.17) is 5.84 Å². The van der Waals surface area contributed by atoms with Gasteiger partial charge in [-0.2, -0.15) is 0 Å². The van der Waals surface area contributed by atoms with Crippen molar-refractivity contribution in [2.24, 2.45) is 5.84 Å². The molecule has 0 saturated heterocycles. The molecule has 38 valence electrons. The molecule has 1 aromatic rings. The summed E-state index contributed by atoms with van der Waals surface area (Å²) < 4.78 is 3.54. The zero-order chi connectivity index (χ0) is 5.11. The van der Waals surface area contributed by atoms with Crippen LogP contribution in [0.4, 0.5) is 5.82 Å². The van der Waals surface area contributed by atoms with Crippen molar-refractivity contribution < 1.29 is 0 Å². The van der Waals surface area contributed by atoms with Gasteiger partial charge in [0.05, 0.1) is 5.38 Å². The van der Waals surface area contributed by atoms with Gasteiger partial charge in [-0.25, -0.2) is 5.84 Å². The summed E-state index contributed by atoms with van der Waals surface area (Å²) in [6.45, 7) is 0. The summed E-state index contributed by atoms with van der Waals surface area (Å²) in [6.07, 6.45) is 0. The standard InChI is InChI=1S/C2H4N4S/c3-4-2-1-7-6-5-2/h1,4H,3H2. The number of nitrogens with one attached hydrogen (secondary N) is 1. The van der Waals surface area contributed by atoms with E-state index >= 15 is 0 Å². The molecule has 0 aliphatic carbocycles. The zero-order valence-electron chi connectivity index (χ0n) is 3.46. The van der Waals surface area contributed by atoms with Crippen molar-refractivity contribution in [3.05, 3.63) is 5.38 Å². The van der Waals surface area contributed by atoms with Crippen LogP contribution in [0.3, 0.4) is 0 Å². The molecule has 0 bridgehead atoms. The molecule has 3 N–H and O–H groups in total. The van der Waals surface area contributed by atoms with Crippen LogP contribution in [-0.4, -0.2) is 9.59 Å². The van der Waals surface area contributed by atoms with Crippen LogP contribution in [0.1, 0.15) is 0 Å². The summed E-state index contributed by atoms with van der Waals surface area (Å²) >= 11 is 1.26. The van der Waals surface area contributed by atoms with Gasteiger partial charge in [0.25, 0.3) is 0 Å². The van der Waals surface area contributed by atoms with E-state index in [-0.39, 0.29) is 0 Å². The van der Waals surface area contributed by atoms with E-state index in [1.54, 1.807) is 5.38 Å². The lowest BCUT2D eigenvalue weighted by Gasteiger charge is -1.83. The number of anilines is 1. The fourth-order valence-corrected chi connectivity index (χ4v) is 0.625. The molecule has 5 heteroatoms. The van der Waals surface area contributed by atoms with Crippen molar-refractivity contribution in [1.82, 2.24) is 9.59 Å². The van der Waals surface area contributed by atoms with Crippen LogP contribution in [0, 0.1) is 0 Å².